The first-order chi connectivity index (χ1) is 17.0. The second kappa shape index (κ2) is 9.78. The summed E-state index contributed by atoms with van der Waals surface area (Å²) < 4.78 is 10.9. The first kappa shape index (κ1) is 22.9. The summed E-state index contributed by atoms with van der Waals surface area (Å²) in [5.41, 5.74) is 4.86. The minimum Gasteiger partial charge on any atom is -0.495 e. The fraction of sp³-hybridized carbons (Fsp3) is 0.321. The number of hydrogen-bond donors (Lipinski definition) is 2. The van der Waals surface area contributed by atoms with Crippen LogP contribution in [0.25, 0.3) is 0 Å². The summed E-state index contributed by atoms with van der Waals surface area (Å²) in [6.07, 6.45) is 4.33. The Labute approximate surface area is 204 Å². The van der Waals surface area contributed by atoms with Crippen molar-refractivity contribution in [3.8, 4) is 11.5 Å². The van der Waals surface area contributed by atoms with Gasteiger partial charge in [0, 0.05) is 41.3 Å². The summed E-state index contributed by atoms with van der Waals surface area (Å²) in [4.78, 5) is 38.2. The van der Waals surface area contributed by atoms with Crippen LogP contribution in [0.3, 0.4) is 0 Å². The lowest BCUT2D eigenvalue weighted by Gasteiger charge is -2.37. The van der Waals surface area contributed by atoms with Crippen LogP contribution >= 0.6 is 0 Å². The number of methoxy groups -OCH3 is 1. The molecule has 5 rings (SSSR count). The number of ketones is 2. The first-order valence-corrected chi connectivity index (χ1v) is 12.0. The standard InChI is InChI=1S/C28H28N2O5/c1-34-24-11-3-2-6-19(24)30-25(33)16-35-18-14-12-17(13-15-18)26-27-20(7-4-9-22(27)31)29-21-8-5-10-23(32)28(21)26/h2-3,6,11-15,26,29H,4-5,7-10,16H2,1H3,(H,30,33). The Morgan fingerprint density at radius 1 is 0.914 bits per heavy atom. The van der Waals surface area contributed by atoms with Crippen molar-refractivity contribution in [3.05, 3.63) is 76.6 Å². The molecular weight excluding hydrogens is 444 g/mol. The Morgan fingerprint density at radius 3 is 2.17 bits per heavy atom. The maximum Gasteiger partial charge on any atom is 0.262 e. The summed E-state index contributed by atoms with van der Waals surface area (Å²) >= 11 is 0. The zero-order valence-electron chi connectivity index (χ0n) is 19.7. The van der Waals surface area contributed by atoms with Gasteiger partial charge in [-0.15, -0.1) is 0 Å². The quantitative estimate of drug-likeness (QED) is 0.647. The maximum atomic E-state index is 12.9. The molecule has 0 radical (unpaired) electrons. The van der Waals surface area contributed by atoms with Gasteiger partial charge in [0.1, 0.15) is 11.5 Å². The summed E-state index contributed by atoms with van der Waals surface area (Å²) in [6, 6.07) is 14.5. The van der Waals surface area contributed by atoms with E-state index in [1.165, 1.54) is 0 Å². The molecule has 3 aliphatic rings. The Kier molecular flexibility index (Phi) is 6.40. The van der Waals surface area contributed by atoms with Crippen LogP contribution < -0.4 is 20.1 Å². The van der Waals surface area contributed by atoms with Gasteiger partial charge in [-0.2, -0.15) is 0 Å². The molecule has 1 heterocycles. The van der Waals surface area contributed by atoms with E-state index < -0.39 is 0 Å². The predicted molar refractivity (Wildman–Crippen MR) is 131 cm³/mol. The minimum atomic E-state index is -0.343. The van der Waals surface area contributed by atoms with Gasteiger partial charge in [-0.05, 0) is 55.5 Å². The van der Waals surface area contributed by atoms with E-state index in [0.717, 1.165) is 53.8 Å². The molecule has 0 aromatic heterocycles. The van der Waals surface area contributed by atoms with Crippen molar-refractivity contribution in [2.45, 2.75) is 44.4 Å². The molecule has 0 bridgehead atoms. The van der Waals surface area contributed by atoms with Crippen LogP contribution in [0.15, 0.2) is 71.1 Å². The van der Waals surface area contributed by atoms with E-state index in [2.05, 4.69) is 10.6 Å². The molecule has 2 N–H and O–H groups in total. The number of ether oxygens (including phenoxy) is 2. The van der Waals surface area contributed by atoms with Crippen LogP contribution in [0.4, 0.5) is 5.69 Å². The number of carbonyl (C=O) groups is 3. The van der Waals surface area contributed by atoms with E-state index in [-0.39, 0.29) is 30.0 Å². The van der Waals surface area contributed by atoms with Gasteiger partial charge in [0.05, 0.1) is 12.8 Å². The molecule has 1 amide bonds. The smallest absolute Gasteiger partial charge is 0.262 e. The predicted octanol–water partition coefficient (Wildman–Crippen LogP) is 4.41. The molecule has 7 nitrogen and oxygen atoms in total. The third kappa shape index (κ3) is 4.58. The second-order valence-electron chi connectivity index (χ2n) is 9.00. The molecule has 7 heteroatoms. The highest BCUT2D eigenvalue weighted by molar-refractivity contribution is 6.06. The summed E-state index contributed by atoms with van der Waals surface area (Å²) in [5, 5.41) is 6.21. The fourth-order valence-electron chi connectivity index (χ4n) is 5.16. The van der Waals surface area contributed by atoms with E-state index in [0.29, 0.717) is 30.0 Å². The van der Waals surface area contributed by atoms with Crippen LogP contribution in [0.1, 0.15) is 50.0 Å². The molecule has 180 valence electrons. The highest BCUT2D eigenvalue weighted by atomic mass is 16.5. The monoisotopic (exact) mass is 472 g/mol. The number of para-hydroxylation sites is 2. The SMILES string of the molecule is COc1ccccc1NC(=O)COc1ccc(C2C3=C(CCCC3=O)NC3=C2C(=O)CCC3)cc1. The van der Waals surface area contributed by atoms with Crippen molar-refractivity contribution in [1.29, 1.82) is 0 Å². The third-order valence-corrected chi connectivity index (χ3v) is 6.76. The molecule has 0 spiro atoms. The normalized spacial score (nSPS) is 18.0. The van der Waals surface area contributed by atoms with Gasteiger partial charge in [0.25, 0.3) is 5.91 Å². The number of carbonyl (C=O) groups excluding carboxylic acids is 3. The fourth-order valence-corrected chi connectivity index (χ4v) is 5.16. The Balaban J connectivity index is 1.33. The molecule has 35 heavy (non-hydrogen) atoms. The number of nitrogens with one attached hydrogen (secondary N) is 2. The zero-order valence-corrected chi connectivity index (χ0v) is 19.7. The van der Waals surface area contributed by atoms with Gasteiger partial charge in [0.2, 0.25) is 0 Å². The molecule has 0 saturated heterocycles. The maximum absolute atomic E-state index is 12.9. The summed E-state index contributed by atoms with van der Waals surface area (Å²) in [7, 11) is 1.55. The van der Waals surface area contributed by atoms with E-state index >= 15 is 0 Å². The number of anilines is 1. The van der Waals surface area contributed by atoms with Gasteiger partial charge in [0.15, 0.2) is 18.2 Å². The van der Waals surface area contributed by atoms with Crippen LogP contribution in [-0.2, 0) is 14.4 Å². The van der Waals surface area contributed by atoms with Crippen LogP contribution in [0, 0.1) is 0 Å². The van der Waals surface area contributed by atoms with E-state index in [1.807, 2.05) is 24.3 Å². The summed E-state index contributed by atoms with van der Waals surface area (Å²) in [6.45, 7) is -0.160. The third-order valence-electron chi connectivity index (χ3n) is 6.76. The molecule has 0 fully saturated rings. The van der Waals surface area contributed by atoms with Crippen LogP contribution in [0.2, 0.25) is 0 Å². The van der Waals surface area contributed by atoms with Crippen LogP contribution in [0.5, 0.6) is 11.5 Å². The Bertz CT molecular complexity index is 1200. The van der Waals surface area contributed by atoms with Gasteiger partial charge in [-0.1, -0.05) is 24.3 Å². The number of benzene rings is 2. The number of amides is 1. The van der Waals surface area contributed by atoms with Crippen molar-refractivity contribution in [2.24, 2.45) is 0 Å². The lowest BCUT2D eigenvalue weighted by molar-refractivity contribution is -0.118. The molecular formula is C28H28N2O5. The van der Waals surface area contributed by atoms with Crippen molar-refractivity contribution in [2.75, 3.05) is 19.0 Å². The topological polar surface area (TPSA) is 93.7 Å². The van der Waals surface area contributed by atoms with Crippen molar-refractivity contribution >= 4 is 23.2 Å². The second-order valence-corrected chi connectivity index (χ2v) is 9.00. The van der Waals surface area contributed by atoms with E-state index in [9.17, 15) is 14.4 Å². The first-order valence-electron chi connectivity index (χ1n) is 12.0. The molecule has 0 atom stereocenters. The molecule has 0 saturated carbocycles. The summed E-state index contributed by atoms with van der Waals surface area (Å²) in [5.74, 6) is 0.686. The number of dihydropyridines is 1. The number of Topliss-reactive ketones (excluding diaryl/α,β-unsaturated/α-hetero) is 2. The van der Waals surface area contributed by atoms with E-state index in [4.69, 9.17) is 9.47 Å². The lowest BCUT2D eigenvalue weighted by Crippen LogP contribution is -2.36. The zero-order chi connectivity index (χ0) is 24.4. The Hall–Kier alpha value is -3.87. The number of allylic oxidation sites excluding steroid dienone is 4. The highest BCUT2D eigenvalue weighted by Gasteiger charge is 2.40. The molecule has 0 unspecified atom stereocenters. The number of rotatable bonds is 6. The molecule has 2 aliphatic carbocycles. The number of hydrogen-bond acceptors (Lipinski definition) is 6. The molecule has 2 aromatic rings. The van der Waals surface area contributed by atoms with Crippen LogP contribution in [-0.4, -0.2) is 31.2 Å². The van der Waals surface area contributed by atoms with Crippen molar-refractivity contribution in [3.63, 3.8) is 0 Å². The van der Waals surface area contributed by atoms with Gasteiger partial charge in [-0.25, -0.2) is 0 Å². The van der Waals surface area contributed by atoms with Gasteiger partial charge >= 0.3 is 0 Å². The van der Waals surface area contributed by atoms with Crippen molar-refractivity contribution < 1.29 is 23.9 Å². The molecule has 2 aromatic carbocycles. The average molecular weight is 473 g/mol. The lowest BCUT2D eigenvalue weighted by atomic mass is 9.71. The molecule has 1 aliphatic heterocycles. The Morgan fingerprint density at radius 2 is 1.54 bits per heavy atom. The largest absolute Gasteiger partial charge is 0.495 e. The minimum absolute atomic E-state index is 0.113. The van der Waals surface area contributed by atoms with Gasteiger partial charge in [-0.3, -0.25) is 14.4 Å². The van der Waals surface area contributed by atoms with E-state index in [1.54, 1.807) is 31.4 Å². The average Bonchev–Trinajstić information content (AvgIpc) is 2.87. The highest BCUT2D eigenvalue weighted by Crippen LogP contribution is 2.45. The van der Waals surface area contributed by atoms with Crippen molar-refractivity contribution in [1.82, 2.24) is 5.32 Å². The van der Waals surface area contributed by atoms with Gasteiger partial charge < -0.3 is 20.1 Å².